The molecule has 0 radical (unpaired) electrons. The normalized spacial score (nSPS) is 14.6. The van der Waals surface area contributed by atoms with Crippen LogP contribution in [-0.4, -0.2) is 49.3 Å². The fourth-order valence-corrected chi connectivity index (χ4v) is 4.17. The number of hydrogen-bond donors (Lipinski definition) is 1. The standard InChI is InChI=1S/C26H23ClF3N3O2/c27-20-9-10-23(22(16-20)25(35)18-5-2-1-3-6-18)31-24(34)17-32-11-13-33(14-12-32)21-8-4-7-19(15-21)26(28,29)30/h1-10,15-16H,11-14,17H2,(H,31,34). The first kappa shape index (κ1) is 24.8. The molecule has 1 fully saturated rings. The van der Waals surface area contributed by atoms with Crippen LogP contribution in [0.4, 0.5) is 24.5 Å². The lowest BCUT2D eigenvalue weighted by molar-refractivity contribution is -0.137. The Bertz CT molecular complexity index is 1210. The number of alkyl halides is 3. The largest absolute Gasteiger partial charge is 0.416 e. The quantitative estimate of drug-likeness (QED) is 0.463. The molecule has 0 spiro atoms. The number of nitrogens with zero attached hydrogens (tertiary/aromatic N) is 2. The molecule has 5 nitrogen and oxygen atoms in total. The van der Waals surface area contributed by atoms with E-state index in [1.165, 1.54) is 12.1 Å². The summed E-state index contributed by atoms with van der Waals surface area (Å²) in [4.78, 5) is 29.5. The first-order valence-corrected chi connectivity index (χ1v) is 11.4. The van der Waals surface area contributed by atoms with E-state index in [2.05, 4.69) is 5.32 Å². The Labute approximate surface area is 206 Å². The fraction of sp³-hybridized carbons (Fsp3) is 0.231. The van der Waals surface area contributed by atoms with Crippen LogP contribution in [0.25, 0.3) is 0 Å². The van der Waals surface area contributed by atoms with Gasteiger partial charge in [-0.05, 0) is 36.4 Å². The van der Waals surface area contributed by atoms with Crippen LogP contribution in [0.1, 0.15) is 21.5 Å². The maximum atomic E-state index is 13.0. The number of halogens is 4. The number of amides is 1. The lowest BCUT2D eigenvalue weighted by Crippen LogP contribution is -2.48. The van der Waals surface area contributed by atoms with Crippen LogP contribution in [-0.2, 0) is 11.0 Å². The van der Waals surface area contributed by atoms with Gasteiger partial charge in [-0.2, -0.15) is 13.2 Å². The minimum atomic E-state index is -4.39. The van der Waals surface area contributed by atoms with E-state index in [-0.39, 0.29) is 18.2 Å². The third kappa shape index (κ3) is 6.21. The third-order valence-electron chi connectivity index (χ3n) is 5.81. The minimum Gasteiger partial charge on any atom is -0.369 e. The van der Waals surface area contributed by atoms with Gasteiger partial charge in [-0.25, -0.2) is 0 Å². The molecule has 35 heavy (non-hydrogen) atoms. The molecular formula is C26H23ClF3N3O2. The highest BCUT2D eigenvalue weighted by Gasteiger charge is 2.31. The van der Waals surface area contributed by atoms with Crippen molar-refractivity contribution in [3.63, 3.8) is 0 Å². The molecule has 0 aliphatic carbocycles. The minimum absolute atomic E-state index is 0.0953. The molecule has 1 amide bonds. The summed E-state index contributed by atoms with van der Waals surface area (Å²) < 4.78 is 39.1. The van der Waals surface area contributed by atoms with E-state index in [0.29, 0.717) is 53.7 Å². The molecule has 1 N–H and O–H groups in total. The zero-order chi connectivity index (χ0) is 25.0. The Morgan fingerprint density at radius 1 is 0.886 bits per heavy atom. The highest BCUT2D eigenvalue weighted by atomic mass is 35.5. The average Bonchev–Trinajstić information content (AvgIpc) is 2.85. The molecule has 9 heteroatoms. The van der Waals surface area contributed by atoms with Gasteiger partial charge in [0.15, 0.2) is 5.78 Å². The Morgan fingerprint density at radius 2 is 1.60 bits per heavy atom. The molecule has 0 aromatic heterocycles. The molecule has 0 atom stereocenters. The second-order valence-electron chi connectivity index (χ2n) is 8.24. The van der Waals surface area contributed by atoms with E-state index in [1.54, 1.807) is 42.5 Å². The van der Waals surface area contributed by atoms with E-state index in [4.69, 9.17) is 11.6 Å². The van der Waals surface area contributed by atoms with Crippen molar-refractivity contribution in [1.29, 1.82) is 0 Å². The second-order valence-corrected chi connectivity index (χ2v) is 8.68. The van der Waals surface area contributed by atoms with Crippen LogP contribution in [0.15, 0.2) is 72.8 Å². The maximum absolute atomic E-state index is 13.0. The van der Waals surface area contributed by atoms with Crippen molar-refractivity contribution in [3.05, 3.63) is 94.5 Å². The number of ketones is 1. The van der Waals surface area contributed by atoms with Crippen molar-refractivity contribution < 1.29 is 22.8 Å². The van der Waals surface area contributed by atoms with Crippen LogP contribution in [0.5, 0.6) is 0 Å². The number of nitrogens with one attached hydrogen (secondary N) is 1. The van der Waals surface area contributed by atoms with Crippen LogP contribution in [0, 0.1) is 0 Å². The lowest BCUT2D eigenvalue weighted by atomic mass is 10.0. The molecule has 0 unspecified atom stereocenters. The summed E-state index contributed by atoms with van der Waals surface area (Å²) in [5, 5.41) is 3.19. The number of piperazine rings is 1. The van der Waals surface area contributed by atoms with Crippen LogP contribution < -0.4 is 10.2 Å². The second kappa shape index (κ2) is 10.5. The Kier molecular flexibility index (Phi) is 7.42. The number of carbonyl (C=O) groups excluding carboxylic acids is 2. The first-order valence-electron chi connectivity index (χ1n) is 11.0. The topological polar surface area (TPSA) is 52.7 Å². The van der Waals surface area contributed by atoms with Gasteiger partial charge >= 0.3 is 6.18 Å². The van der Waals surface area contributed by atoms with Gasteiger partial charge < -0.3 is 10.2 Å². The molecule has 1 heterocycles. The maximum Gasteiger partial charge on any atom is 0.416 e. The van der Waals surface area contributed by atoms with Gasteiger partial charge in [0.1, 0.15) is 0 Å². The number of carbonyl (C=O) groups is 2. The summed E-state index contributed by atoms with van der Waals surface area (Å²) in [5.74, 6) is -0.542. The van der Waals surface area contributed by atoms with Crippen molar-refractivity contribution in [2.75, 3.05) is 42.9 Å². The van der Waals surface area contributed by atoms with Gasteiger partial charge in [-0.3, -0.25) is 14.5 Å². The van der Waals surface area contributed by atoms with E-state index in [9.17, 15) is 22.8 Å². The Morgan fingerprint density at radius 3 is 2.29 bits per heavy atom. The zero-order valence-electron chi connectivity index (χ0n) is 18.7. The van der Waals surface area contributed by atoms with Gasteiger partial charge in [-0.15, -0.1) is 0 Å². The van der Waals surface area contributed by atoms with Gasteiger partial charge in [0, 0.05) is 48.0 Å². The zero-order valence-corrected chi connectivity index (χ0v) is 19.4. The summed E-state index contributed by atoms with van der Waals surface area (Å²) >= 11 is 6.10. The van der Waals surface area contributed by atoms with Crippen molar-refractivity contribution in [3.8, 4) is 0 Å². The lowest BCUT2D eigenvalue weighted by Gasteiger charge is -2.36. The van der Waals surface area contributed by atoms with Crippen molar-refractivity contribution in [2.45, 2.75) is 6.18 Å². The van der Waals surface area contributed by atoms with Gasteiger partial charge in [-0.1, -0.05) is 48.0 Å². The summed E-state index contributed by atoms with van der Waals surface area (Å²) in [5.41, 5.74) is 0.980. The molecule has 182 valence electrons. The number of hydrogen-bond acceptors (Lipinski definition) is 4. The van der Waals surface area contributed by atoms with Crippen molar-refractivity contribution >= 4 is 34.7 Å². The number of rotatable bonds is 6. The molecule has 3 aromatic rings. The molecule has 0 bridgehead atoms. The average molecular weight is 502 g/mol. The molecule has 0 saturated carbocycles. The fourth-order valence-electron chi connectivity index (χ4n) is 3.99. The third-order valence-corrected chi connectivity index (χ3v) is 6.05. The molecular weight excluding hydrogens is 479 g/mol. The van der Waals surface area contributed by atoms with Crippen LogP contribution >= 0.6 is 11.6 Å². The highest BCUT2D eigenvalue weighted by Crippen LogP contribution is 2.32. The van der Waals surface area contributed by atoms with E-state index >= 15 is 0 Å². The number of anilines is 2. The Balaban J connectivity index is 1.37. The SMILES string of the molecule is O=C(CN1CCN(c2cccc(C(F)(F)F)c2)CC1)Nc1ccc(Cl)cc1C(=O)c1ccccc1. The van der Waals surface area contributed by atoms with Crippen LogP contribution in [0.2, 0.25) is 5.02 Å². The summed E-state index contributed by atoms with van der Waals surface area (Å²) in [6.07, 6.45) is -4.39. The molecule has 1 saturated heterocycles. The predicted octanol–water partition coefficient (Wildman–Crippen LogP) is 5.35. The summed E-state index contributed by atoms with van der Waals surface area (Å²) in [6, 6.07) is 18.7. The highest BCUT2D eigenvalue weighted by molar-refractivity contribution is 6.31. The van der Waals surface area contributed by atoms with Gasteiger partial charge in [0.2, 0.25) is 5.91 Å². The van der Waals surface area contributed by atoms with Crippen molar-refractivity contribution in [1.82, 2.24) is 4.90 Å². The Hall–Kier alpha value is -3.36. The smallest absolute Gasteiger partial charge is 0.369 e. The molecule has 1 aliphatic rings. The summed E-state index contributed by atoms with van der Waals surface area (Å²) in [7, 11) is 0. The van der Waals surface area contributed by atoms with E-state index < -0.39 is 11.7 Å². The molecule has 3 aromatic carbocycles. The van der Waals surface area contributed by atoms with Gasteiger partial charge in [0.05, 0.1) is 17.8 Å². The monoisotopic (exact) mass is 501 g/mol. The van der Waals surface area contributed by atoms with Gasteiger partial charge in [0.25, 0.3) is 0 Å². The van der Waals surface area contributed by atoms with E-state index in [1.807, 2.05) is 15.9 Å². The van der Waals surface area contributed by atoms with E-state index in [0.717, 1.165) is 12.1 Å². The summed E-state index contributed by atoms with van der Waals surface area (Å²) in [6.45, 7) is 2.11. The molecule has 1 aliphatic heterocycles. The molecule has 4 rings (SSSR count). The first-order chi connectivity index (χ1) is 16.7. The number of benzene rings is 3. The van der Waals surface area contributed by atoms with Crippen molar-refractivity contribution in [2.24, 2.45) is 0 Å². The predicted molar refractivity (Wildman–Crippen MR) is 130 cm³/mol. The van der Waals surface area contributed by atoms with Crippen LogP contribution in [0.3, 0.4) is 0 Å².